The molecule has 1 fully saturated rings. The maximum absolute atomic E-state index is 12.9. The summed E-state index contributed by atoms with van der Waals surface area (Å²) in [4.78, 5) is 21.1. The van der Waals surface area contributed by atoms with Crippen LogP contribution in [0.4, 0.5) is 0 Å². The average molecular weight is 407 g/mol. The van der Waals surface area contributed by atoms with E-state index in [1.165, 1.54) is 5.56 Å². The third kappa shape index (κ3) is 5.07. The van der Waals surface area contributed by atoms with E-state index < -0.39 is 0 Å². The summed E-state index contributed by atoms with van der Waals surface area (Å²) in [6, 6.07) is 10.7. The zero-order valence-corrected chi connectivity index (χ0v) is 17.7. The van der Waals surface area contributed by atoms with E-state index in [-0.39, 0.29) is 23.3 Å². The average Bonchev–Trinajstić information content (AvgIpc) is 2.79. The van der Waals surface area contributed by atoms with Crippen LogP contribution in [0.2, 0.25) is 0 Å². The molecule has 1 amide bonds. The van der Waals surface area contributed by atoms with Gasteiger partial charge in [-0.25, -0.2) is 0 Å². The molecule has 0 bridgehead atoms. The molecule has 1 atom stereocenters. The summed E-state index contributed by atoms with van der Waals surface area (Å²) >= 11 is 0. The van der Waals surface area contributed by atoms with Gasteiger partial charge in [0, 0.05) is 37.5 Å². The lowest BCUT2D eigenvalue weighted by atomic mass is 9.68. The first kappa shape index (κ1) is 21.6. The molecule has 7 heteroatoms. The molecular formula is C23H30N6O. The molecule has 0 radical (unpaired) electrons. The summed E-state index contributed by atoms with van der Waals surface area (Å²) in [5.41, 5.74) is 2.18. The van der Waals surface area contributed by atoms with Crippen LogP contribution in [0, 0.1) is 17.4 Å². The number of aliphatic imine (C=N–C) groups is 2. The van der Waals surface area contributed by atoms with E-state index in [1.807, 2.05) is 25.4 Å². The minimum Gasteiger partial charge on any atom is -0.355 e. The second kappa shape index (κ2) is 10.1. The number of nitrogens with zero attached hydrogens (tertiary/aromatic N) is 3. The maximum Gasteiger partial charge on any atom is 0.227 e. The van der Waals surface area contributed by atoms with Gasteiger partial charge in [-0.3, -0.25) is 20.1 Å². The maximum atomic E-state index is 12.9. The number of rotatable bonds is 5. The van der Waals surface area contributed by atoms with E-state index in [1.54, 1.807) is 13.2 Å². The molecule has 1 unspecified atom stereocenters. The SMILES string of the molecule is CN=C(NC#N)NC1CCC(CNC(=O)C2CC=NC=C2C)(c2ccccc2)CC1. The minimum absolute atomic E-state index is 0.0732. The smallest absolute Gasteiger partial charge is 0.227 e. The zero-order valence-electron chi connectivity index (χ0n) is 17.7. The molecule has 2 aliphatic rings. The Balaban J connectivity index is 1.68. The molecule has 1 aromatic rings. The van der Waals surface area contributed by atoms with Crippen molar-refractivity contribution < 1.29 is 4.79 Å². The Labute approximate surface area is 178 Å². The fraction of sp³-hybridized carbons (Fsp3) is 0.478. The van der Waals surface area contributed by atoms with Crippen molar-refractivity contribution in [3.8, 4) is 6.19 Å². The van der Waals surface area contributed by atoms with Gasteiger partial charge in [0.25, 0.3) is 0 Å². The van der Waals surface area contributed by atoms with Gasteiger partial charge in [-0.2, -0.15) is 5.26 Å². The highest BCUT2D eigenvalue weighted by atomic mass is 16.1. The van der Waals surface area contributed by atoms with Gasteiger partial charge < -0.3 is 10.6 Å². The predicted molar refractivity (Wildman–Crippen MR) is 119 cm³/mol. The van der Waals surface area contributed by atoms with Crippen molar-refractivity contribution in [2.24, 2.45) is 15.9 Å². The number of benzene rings is 1. The van der Waals surface area contributed by atoms with Crippen molar-refractivity contribution in [1.29, 1.82) is 5.26 Å². The highest BCUT2D eigenvalue weighted by molar-refractivity contribution is 5.85. The highest BCUT2D eigenvalue weighted by Crippen LogP contribution is 2.39. The van der Waals surface area contributed by atoms with E-state index >= 15 is 0 Å². The lowest BCUT2D eigenvalue weighted by Crippen LogP contribution is -2.49. The molecule has 1 aromatic carbocycles. The molecule has 30 heavy (non-hydrogen) atoms. The van der Waals surface area contributed by atoms with Gasteiger partial charge in [-0.05, 0) is 50.2 Å². The molecule has 1 aliphatic carbocycles. The van der Waals surface area contributed by atoms with Gasteiger partial charge in [0.15, 0.2) is 6.19 Å². The van der Waals surface area contributed by atoms with Gasteiger partial charge in [-0.1, -0.05) is 30.3 Å². The van der Waals surface area contributed by atoms with Gasteiger partial charge in [0.05, 0.1) is 5.92 Å². The van der Waals surface area contributed by atoms with E-state index in [9.17, 15) is 4.79 Å². The number of hydrogen-bond donors (Lipinski definition) is 3. The highest BCUT2D eigenvalue weighted by Gasteiger charge is 2.38. The van der Waals surface area contributed by atoms with Crippen molar-refractivity contribution in [2.45, 2.75) is 50.5 Å². The van der Waals surface area contributed by atoms with Crippen molar-refractivity contribution in [1.82, 2.24) is 16.0 Å². The number of hydrogen-bond acceptors (Lipinski definition) is 4. The lowest BCUT2D eigenvalue weighted by Gasteiger charge is -2.41. The Kier molecular flexibility index (Phi) is 7.23. The first-order valence-corrected chi connectivity index (χ1v) is 10.5. The molecule has 1 aliphatic heterocycles. The first-order chi connectivity index (χ1) is 14.6. The summed E-state index contributed by atoms with van der Waals surface area (Å²) < 4.78 is 0. The minimum atomic E-state index is -0.131. The fourth-order valence-electron chi connectivity index (χ4n) is 4.38. The van der Waals surface area contributed by atoms with Crippen LogP contribution in [0.1, 0.15) is 44.6 Å². The van der Waals surface area contributed by atoms with E-state index in [0.717, 1.165) is 31.3 Å². The number of amides is 1. The van der Waals surface area contributed by atoms with E-state index in [4.69, 9.17) is 5.26 Å². The van der Waals surface area contributed by atoms with Gasteiger partial charge in [-0.15, -0.1) is 0 Å². The Morgan fingerprint density at radius 1 is 1.30 bits per heavy atom. The number of guanidine groups is 1. The molecule has 1 heterocycles. The summed E-state index contributed by atoms with van der Waals surface area (Å²) in [6.45, 7) is 2.58. The van der Waals surface area contributed by atoms with E-state index in [0.29, 0.717) is 18.9 Å². The van der Waals surface area contributed by atoms with Crippen LogP contribution in [0.5, 0.6) is 0 Å². The summed E-state index contributed by atoms with van der Waals surface area (Å²) in [5, 5.41) is 18.0. The third-order valence-corrected chi connectivity index (χ3v) is 6.26. The molecule has 7 nitrogen and oxygen atoms in total. The number of nitrogens with one attached hydrogen (secondary N) is 3. The summed E-state index contributed by atoms with van der Waals surface area (Å²) in [6.07, 6.45) is 9.92. The Hall–Kier alpha value is -3.14. The first-order valence-electron chi connectivity index (χ1n) is 10.5. The molecule has 158 valence electrons. The van der Waals surface area contributed by atoms with E-state index in [2.05, 4.69) is 50.2 Å². The Bertz CT molecular complexity index is 859. The molecule has 0 saturated heterocycles. The second-order valence-electron chi connectivity index (χ2n) is 8.08. The van der Waals surface area contributed by atoms with Gasteiger partial charge in [0.1, 0.15) is 0 Å². The zero-order chi connectivity index (χ0) is 21.4. The second-order valence-corrected chi connectivity index (χ2v) is 8.08. The van der Waals surface area contributed by atoms with Crippen molar-refractivity contribution in [3.63, 3.8) is 0 Å². The van der Waals surface area contributed by atoms with Crippen LogP contribution in [-0.2, 0) is 10.2 Å². The van der Waals surface area contributed by atoms with Crippen LogP contribution < -0.4 is 16.0 Å². The number of carbonyl (C=O) groups excluding carboxylic acids is 1. The monoisotopic (exact) mass is 406 g/mol. The normalized spacial score (nSPS) is 26.3. The van der Waals surface area contributed by atoms with Crippen LogP contribution in [-0.4, -0.2) is 37.7 Å². The number of nitriles is 1. The molecule has 0 spiro atoms. The molecule has 0 aromatic heterocycles. The predicted octanol–water partition coefficient (Wildman–Crippen LogP) is 2.62. The molecule has 3 rings (SSSR count). The van der Waals surface area contributed by atoms with Crippen molar-refractivity contribution in [2.75, 3.05) is 13.6 Å². The van der Waals surface area contributed by atoms with Crippen LogP contribution in [0.15, 0.2) is 52.1 Å². The largest absolute Gasteiger partial charge is 0.355 e. The van der Waals surface area contributed by atoms with Crippen molar-refractivity contribution in [3.05, 3.63) is 47.7 Å². The molecular weight excluding hydrogens is 376 g/mol. The Morgan fingerprint density at radius 3 is 2.67 bits per heavy atom. The van der Waals surface area contributed by atoms with Gasteiger partial charge >= 0.3 is 0 Å². The summed E-state index contributed by atoms with van der Waals surface area (Å²) in [7, 11) is 1.66. The topological polar surface area (TPSA) is 102 Å². The fourth-order valence-corrected chi connectivity index (χ4v) is 4.38. The van der Waals surface area contributed by atoms with Crippen molar-refractivity contribution >= 4 is 18.1 Å². The van der Waals surface area contributed by atoms with Crippen LogP contribution in [0.25, 0.3) is 0 Å². The van der Waals surface area contributed by atoms with Crippen LogP contribution in [0.3, 0.4) is 0 Å². The summed E-state index contributed by atoms with van der Waals surface area (Å²) in [5.74, 6) is 0.446. The standard InChI is InChI=1S/C23H30N6O/c1-17-14-26-13-10-20(17)21(30)27-15-23(18-6-4-3-5-7-18)11-8-19(9-12-23)29-22(25-2)28-16-24/h3-7,13-14,19-20H,8-12,15H2,1-2H3,(H,27,30)(H2,25,28,29). The number of carbonyl (C=O) groups is 1. The third-order valence-electron chi connectivity index (χ3n) is 6.26. The lowest BCUT2D eigenvalue weighted by molar-refractivity contribution is -0.124. The Morgan fingerprint density at radius 2 is 2.03 bits per heavy atom. The quantitative estimate of drug-likeness (QED) is 0.303. The van der Waals surface area contributed by atoms with Crippen LogP contribution >= 0.6 is 0 Å². The molecule has 3 N–H and O–H groups in total. The van der Waals surface area contributed by atoms with Gasteiger partial charge in [0.2, 0.25) is 11.9 Å². The molecule has 1 saturated carbocycles.